The second kappa shape index (κ2) is 7.46. The van der Waals surface area contributed by atoms with Crippen molar-refractivity contribution in [1.29, 1.82) is 0 Å². The number of aromatic nitrogens is 1. The van der Waals surface area contributed by atoms with Crippen LogP contribution in [-0.4, -0.2) is 21.8 Å². The molecule has 0 aliphatic carbocycles. The SMILES string of the molecule is Cc1ccc(C2C(C(=O)c3ccco3)=C(O)C(=O)N2c2nc3c(C)cc(C)cc3s2)cc1. The van der Waals surface area contributed by atoms with E-state index in [2.05, 4.69) is 0 Å². The van der Waals surface area contributed by atoms with Crippen LogP contribution in [-0.2, 0) is 4.79 Å². The van der Waals surface area contributed by atoms with Gasteiger partial charge in [0, 0.05) is 0 Å². The van der Waals surface area contributed by atoms with Crippen LogP contribution in [0.4, 0.5) is 5.13 Å². The summed E-state index contributed by atoms with van der Waals surface area (Å²) in [5.41, 5.74) is 4.64. The van der Waals surface area contributed by atoms with Crippen molar-refractivity contribution >= 4 is 38.4 Å². The number of hydrogen-bond donors (Lipinski definition) is 1. The number of fused-ring (bicyclic) bond motifs is 1. The molecule has 0 saturated heterocycles. The number of rotatable bonds is 4. The van der Waals surface area contributed by atoms with Crippen LogP contribution in [0.3, 0.4) is 0 Å². The number of amides is 1. The van der Waals surface area contributed by atoms with Crippen LogP contribution in [0.5, 0.6) is 0 Å². The van der Waals surface area contributed by atoms with E-state index in [0.717, 1.165) is 26.9 Å². The number of nitrogens with zero attached hydrogens (tertiary/aromatic N) is 2. The lowest BCUT2D eigenvalue weighted by atomic mass is 9.94. The molecule has 1 aliphatic rings. The Morgan fingerprint density at radius 2 is 1.84 bits per heavy atom. The molecule has 1 unspecified atom stereocenters. The number of anilines is 1. The third-order valence-corrected chi connectivity index (χ3v) is 6.62. The summed E-state index contributed by atoms with van der Waals surface area (Å²) in [6, 6.07) is 13.9. The number of carbonyl (C=O) groups excluding carboxylic acids is 2. The van der Waals surface area contributed by atoms with E-state index in [1.165, 1.54) is 28.6 Å². The molecule has 0 saturated carbocycles. The highest BCUT2D eigenvalue weighted by atomic mass is 32.1. The molecule has 0 radical (unpaired) electrons. The first kappa shape index (κ1) is 20.2. The van der Waals surface area contributed by atoms with Gasteiger partial charge in [-0.3, -0.25) is 14.5 Å². The minimum absolute atomic E-state index is 0.0130. The highest BCUT2D eigenvalue weighted by Gasteiger charge is 2.46. The van der Waals surface area contributed by atoms with Gasteiger partial charge in [-0.2, -0.15) is 0 Å². The van der Waals surface area contributed by atoms with Gasteiger partial charge in [-0.15, -0.1) is 0 Å². The van der Waals surface area contributed by atoms with Crippen molar-refractivity contribution in [2.24, 2.45) is 0 Å². The molecule has 6 nitrogen and oxygen atoms in total. The topological polar surface area (TPSA) is 83.6 Å². The molecule has 1 atom stereocenters. The maximum Gasteiger partial charge on any atom is 0.296 e. The van der Waals surface area contributed by atoms with Gasteiger partial charge >= 0.3 is 0 Å². The Kier molecular flexibility index (Phi) is 4.71. The fraction of sp³-hybridized carbons (Fsp3) is 0.160. The first-order valence-electron chi connectivity index (χ1n) is 10.1. The summed E-state index contributed by atoms with van der Waals surface area (Å²) in [5.74, 6) is -1.70. The Labute approximate surface area is 188 Å². The summed E-state index contributed by atoms with van der Waals surface area (Å²) in [5, 5.41) is 11.2. The molecule has 2 aromatic carbocycles. The number of thiazole rings is 1. The van der Waals surface area contributed by atoms with Crippen LogP contribution in [0.2, 0.25) is 0 Å². The van der Waals surface area contributed by atoms with Gasteiger partial charge in [-0.25, -0.2) is 4.98 Å². The second-order valence-electron chi connectivity index (χ2n) is 7.98. The first-order chi connectivity index (χ1) is 15.3. The maximum atomic E-state index is 13.3. The highest BCUT2D eigenvalue weighted by molar-refractivity contribution is 7.22. The molecular formula is C25H20N2O4S. The van der Waals surface area contributed by atoms with E-state index in [4.69, 9.17) is 9.40 Å². The van der Waals surface area contributed by atoms with E-state index in [0.29, 0.717) is 10.7 Å². The van der Waals surface area contributed by atoms with Crippen LogP contribution in [0.15, 0.2) is 70.5 Å². The zero-order chi connectivity index (χ0) is 22.6. The zero-order valence-corrected chi connectivity index (χ0v) is 18.6. The van der Waals surface area contributed by atoms with Crippen LogP contribution < -0.4 is 4.90 Å². The van der Waals surface area contributed by atoms with Gasteiger partial charge in [-0.1, -0.05) is 47.2 Å². The van der Waals surface area contributed by atoms with Gasteiger partial charge < -0.3 is 9.52 Å². The summed E-state index contributed by atoms with van der Waals surface area (Å²) in [7, 11) is 0. The fourth-order valence-corrected chi connectivity index (χ4v) is 5.27. The van der Waals surface area contributed by atoms with E-state index < -0.39 is 23.5 Å². The molecule has 0 fully saturated rings. The Morgan fingerprint density at radius 1 is 1.09 bits per heavy atom. The minimum Gasteiger partial charge on any atom is -0.503 e. The predicted octanol–water partition coefficient (Wildman–Crippen LogP) is 5.60. The molecule has 1 N–H and O–H groups in total. The van der Waals surface area contributed by atoms with Crippen molar-refractivity contribution in [2.75, 3.05) is 4.90 Å². The van der Waals surface area contributed by atoms with Crippen molar-refractivity contribution in [3.05, 3.63) is 94.1 Å². The maximum absolute atomic E-state index is 13.3. The number of Topliss-reactive ketones (excluding diaryl/α,β-unsaturated/α-hetero) is 1. The number of hydrogen-bond acceptors (Lipinski definition) is 6. The molecule has 32 heavy (non-hydrogen) atoms. The van der Waals surface area contributed by atoms with Gasteiger partial charge in [0.2, 0.25) is 5.78 Å². The smallest absolute Gasteiger partial charge is 0.296 e. The van der Waals surface area contributed by atoms with Gasteiger partial charge in [0.15, 0.2) is 16.7 Å². The second-order valence-corrected chi connectivity index (χ2v) is 8.99. The van der Waals surface area contributed by atoms with Gasteiger partial charge in [-0.05, 0) is 55.7 Å². The molecule has 1 amide bonds. The number of aliphatic hydroxyl groups excluding tert-OH is 1. The molecule has 7 heteroatoms. The number of aliphatic hydroxyl groups is 1. The fourth-order valence-electron chi connectivity index (χ4n) is 4.10. The zero-order valence-electron chi connectivity index (χ0n) is 17.7. The standard InChI is InChI=1S/C25H20N2O4S/c1-13-6-8-16(9-7-13)21-19(22(28)17-5-4-10-31-17)23(29)24(30)27(21)25-26-20-15(3)11-14(2)12-18(20)32-25/h4-12,21,29H,1-3H3. The third kappa shape index (κ3) is 3.13. The van der Waals surface area contributed by atoms with E-state index in [1.54, 1.807) is 6.07 Å². The van der Waals surface area contributed by atoms with Crippen molar-refractivity contribution in [3.63, 3.8) is 0 Å². The molecule has 0 spiro atoms. The van der Waals surface area contributed by atoms with Gasteiger partial charge in [0.05, 0.1) is 28.1 Å². The number of benzene rings is 2. The molecular weight excluding hydrogens is 424 g/mol. The molecule has 5 rings (SSSR count). The lowest BCUT2D eigenvalue weighted by molar-refractivity contribution is -0.117. The summed E-state index contributed by atoms with van der Waals surface area (Å²) < 4.78 is 6.22. The van der Waals surface area contributed by atoms with E-state index in [-0.39, 0.29) is 11.3 Å². The molecule has 4 aromatic rings. The van der Waals surface area contributed by atoms with Crippen molar-refractivity contribution in [2.45, 2.75) is 26.8 Å². The van der Waals surface area contributed by atoms with Crippen molar-refractivity contribution in [3.8, 4) is 0 Å². The van der Waals surface area contributed by atoms with E-state index >= 15 is 0 Å². The largest absolute Gasteiger partial charge is 0.503 e. The van der Waals surface area contributed by atoms with Gasteiger partial charge in [0.25, 0.3) is 5.91 Å². The number of aryl methyl sites for hydroxylation is 3. The number of furan rings is 1. The highest BCUT2D eigenvalue weighted by Crippen LogP contribution is 2.44. The van der Waals surface area contributed by atoms with Gasteiger partial charge in [0.1, 0.15) is 0 Å². The number of carbonyl (C=O) groups is 2. The van der Waals surface area contributed by atoms with Crippen molar-refractivity contribution in [1.82, 2.24) is 4.98 Å². The Balaban J connectivity index is 1.70. The Morgan fingerprint density at radius 3 is 2.53 bits per heavy atom. The average Bonchev–Trinajstić information content (AvgIpc) is 3.48. The third-order valence-electron chi connectivity index (χ3n) is 5.62. The minimum atomic E-state index is -0.817. The first-order valence-corrected chi connectivity index (χ1v) is 11.0. The van der Waals surface area contributed by atoms with E-state index in [9.17, 15) is 14.7 Å². The average molecular weight is 445 g/mol. The monoisotopic (exact) mass is 444 g/mol. The van der Waals surface area contributed by atoms with Crippen LogP contribution in [0.25, 0.3) is 10.2 Å². The van der Waals surface area contributed by atoms with Crippen LogP contribution in [0, 0.1) is 20.8 Å². The lowest BCUT2D eigenvalue weighted by Crippen LogP contribution is -2.30. The Hall–Kier alpha value is -3.71. The Bertz CT molecular complexity index is 1400. The number of ketones is 1. The summed E-state index contributed by atoms with van der Waals surface area (Å²) in [4.78, 5) is 32.7. The molecule has 1 aliphatic heterocycles. The lowest BCUT2D eigenvalue weighted by Gasteiger charge is -2.24. The van der Waals surface area contributed by atoms with E-state index in [1.807, 2.05) is 57.2 Å². The normalized spacial score (nSPS) is 16.4. The summed E-state index contributed by atoms with van der Waals surface area (Å²) >= 11 is 1.36. The summed E-state index contributed by atoms with van der Waals surface area (Å²) in [6.45, 7) is 5.95. The van der Waals surface area contributed by atoms with Crippen molar-refractivity contribution < 1.29 is 19.1 Å². The summed E-state index contributed by atoms with van der Waals surface area (Å²) in [6.07, 6.45) is 1.39. The van der Waals surface area contributed by atoms with Crippen LogP contribution in [0.1, 0.15) is 38.9 Å². The van der Waals surface area contributed by atoms with Crippen LogP contribution >= 0.6 is 11.3 Å². The molecule has 3 heterocycles. The molecule has 2 aromatic heterocycles. The molecule has 160 valence electrons. The predicted molar refractivity (Wildman–Crippen MR) is 123 cm³/mol. The quantitative estimate of drug-likeness (QED) is 0.414. The molecule has 0 bridgehead atoms.